The number of aliphatic carboxylic acids is 1. The summed E-state index contributed by atoms with van der Waals surface area (Å²) in [7, 11) is -2.44. The maximum atomic E-state index is 16.4. The maximum Gasteiger partial charge on any atom is 0.408 e. The number of likely N-dealkylation sites (N-methyl/N-ethyl adjacent to an activating group) is 1. The van der Waals surface area contributed by atoms with Gasteiger partial charge in [0.05, 0.1) is 59.4 Å². The number of rotatable bonds is 28. The number of carbonyl (C=O) groups is 9. The molecule has 6 aromatic rings. The molecular weight excluding hydrogens is 1690 g/mol. The van der Waals surface area contributed by atoms with Gasteiger partial charge in [-0.25, -0.2) is 22.7 Å². The van der Waals surface area contributed by atoms with E-state index in [4.69, 9.17) is 55.2 Å². The summed E-state index contributed by atoms with van der Waals surface area (Å²) in [6.45, 7) is 8.72. The van der Waals surface area contributed by atoms with E-state index in [2.05, 4.69) is 59.5 Å². The third-order valence-corrected chi connectivity index (χ3v) is 24.4. The monoisotopic (exact) mass is 1790 g/mol. The molecule has 21 N–H and O–H groups in total. The number of hydrogen-bond acceptors (Lipinski definition) is 29. The smallest absolute Gasteiger partial charge is 0.408 e. The van der Waals surface area contributed by atoms with Crippen molar-refractivity contribution < 1.29 is 135 Å². The van der Waals surface area contributed by atoms with Crippen LogP contribution in [0.4, 0.5) is 4.79 Å². The van der Waals surface area contributed by atoms with E-state index in [0.29, 0.717) is 0 Å². The van der Waals surface area contributed by atoms with Gasteiger partial charge in [-0.2, -0.15) is 0 Å². The van der Waals surface area contributed by atoms with Gasteiger partial charge in [0.2, 0.25) is 63.4 Å². The van der Waals surface area contributed by atoms with Crippen LogP contribution in [-0.4, -0.2) is 227 Å². The number of halogens is 1. The number of aryl methyl sites for hydroxylation is 2. The number of primary amides is 1. The molecule has 0 spiro atoms. The van der Waals surface area contributed by atoms with Gasteiger partial charge in [-0.3, -0.25) is 33.6 Å². The molecule has 8 heterocycles. The first kappa shape index (κ1) is 94.1. The lowest BCUT2D eigenvalue weighted by molar-refractivity contribution is -0.332. The van der Waals surface area contributed by atoms with Gasteiger partial charge < -0.3 is 137 Å². The van der Waals surface area contributed by atoms with Gasteiger partial charge in [0.1, 0.15) is 89.5 Å². The number of unbranched alkanes of at least 4 members (excludes halogenated alkanes) is 3. The molecule has 680 valence electrons. The summed E-state index contributed by atoms with van der Waals surface area (Å²) in [6, 6.07) is 5.41. The minimum absolute atomic E-state index is 0.0348. The first-order valence-corrected chi connectivity index (χ1v) is 42.9. The highest BCUT2D eigenvalue weighted by Gasteiger charge is 2.56. The third-order valence-electron chi connectivity index (χ3n) is 22.7. The quantitative estimate of drug-likeness (QED) is 0.0314. The molecule has 6 aromatic carbocycles. The van der Waals surface area contributed by atoms with E-state index in [-0.39, 0.29) is 78.0 Å². The van der Waals surface area contributed by atoms with Gasteiger partial charge in [-0.05, 0) is 153 Å². The number of nitrogens with two attached hydrogens (primary N) is 1. The minimum atomic E-state index is -3.93. The SMILES string of the molecule is CCCCCCc1ccc(S(=O)(=O)NCCOCCNCc2c(O)cc3c(c2O)-c2cc(ccc2O)[C@H]2NC(=O)[C@@H]4NC(=O)[C@H](CC(N)=O)NC(=O)[C@H](NC(=O)[C@@H](CC(C)C)NC)[C@H](O)c5ccc(c(C)c5)Oc5cc4cc(c5O[C@@H]4O[C@H](CO)[C@@H](O)[C@H](O)[C@H]4O[C@H]4C[C@]5(C)NC(=O)O[C@@H]5[C@H](C)O4)Oc4ccc(cc4Cl)[C@@H](O)[C@H](NC2=O)C(=O)N[C@@H]3C(=O)O)cc1. The number of phenolic OH excluding ortho intramolecular Hbond substituents is 3. The van der Waals surface area contributed by atoms with Gasteiger partial charge in [0.25, 0.3) is 0 Å². The fourth-order valence-corrected chi connectivity index (χ4v) is 17.2. The molecule has 0 aliphatic carbocycles. The molecule has 8 aliphatic rings. The molecule has 3 fully saturated rings. The van der Waals surface area contributed by atoms with Crippen molar-refractivity contribution >= 4 is 75.0 Å². The largest absolute Gasteiger partial charge is 0.507 e. The van der Waals surface area contributed by atoms with Crippen LogP contribution >= 0.6 is 11.6 Å². The number of sulfonamides is 1. The highest BCUT2D eigenvalue weighted by atomic mass is 35.5. The van der Waals surface area contributed by atoms with Crippen molar-refractivity contribution in [3.63, 3.8) is 0 Å². The van der Waals surface area contributed by atoms with Crippen molar-refractivity contribution in [2.75, 3.05) is 40.0 Å². The first-order valence-electron chi connectivity index (χ1n) is 41.1. The van der Waals surface area contributed by atoms with E-state index >= 15 is 24.0 Å². The number of carbonyl (C=O) groups excluding carboxylic acids is 8. The molecule has 11 bridgehead atoms. The van der Waals surface area contributed by atoms with Gasteiger partial charge in [0.15, 0.2) is 36.0 Å². The molecule has 39 nitrogen and oxygen atoms in total. The number of aliphatic hydroxyl groups excluding tert-OH is 5. The summed E-state index contributed by atoms with van der Waals surface area (Å²) in [6.07, 6.45) is -13.8. The molecular formula is C85H104ClN11O28S. The minimum Gasteiger partial charge on any atom is -0.507 e. The normalized spacial score (nSPS) is 26.4. The van der Waals surface area contributed by atoms with E-state index < -0.39 is 265 Å². The van der Waals surface area contributed by atoms with Crippen LogP contribution in [0.5, 0.6) is 46.0 Å². The van der Waals surface area contributed by atoms with Gasteiger partial charge in [-0.15, -0.1) is 0 Å². The van der Waals surface area contributed by atoms with Crippen LogP contribution in [0.3, 0.4) is 0 Å². The van der Waals surface area contributed by atoms with E-state index in [0.717, 1.165) is 92.3 Å². The lowest BCUT2D eigenvalue weighted by Crippen LogP contribution is -2.63. The number of alkyl carbamates (subject to hydrolysis) is 1. The Hall–Kier alpha value is -11.1. The molecule has 18 atom stereocenters. The molecule has 41 heteroatoms. The Morgan fingerprint density at radius 2 is 1.40 bits per heavy atom. The van der Waals surface area contributed by atoms with Crippen LogP contribution in [-0.2, 0) is 85.0 Å². The number of phenols is 3. The number of hydrogen-bond donors (Lipinski definition) is 20. The van der Waals surface area contributed by atoms with Gasteiger partial charge in [0, 0.05) is 42.7 Å². The second-order valence-corrected chi connectivity index (χ2v) is 34.5. The first-order chi connectivity index (χ1) is 59.9. The number of aliphatic hydroxyl groups is 5. The van der Waals surface area contributed by atoms with Crippen LogP contribution in [0, 0.1) is 12.8 Å². The van der Waals surface area contributed by atoms with Gasteiger partial charge in [-0.1, -0.05) is 82.0 Å². The van der Waals surface area contributed by atoms with Crippen LogP contribution in [0.1, 0.15) is 154 Å². The van der Waals surface area contributed by atoms with Crippen molar-refractivity contribution in [2.45, 2.75) is 214 Å². The average Bonchev–Trinajstić information content (AvgIpc) is 1.36. The van der Waals surface area contributed by atoms with E-state index in [9.17, 15) is 73.6 Å². The zero-order chi connectivity index (χ0) is 91.1. The van der Waals surface area contributed by atoms with Crippen LogP contribution in [0.2, 0.25) is 5.02 Å². The summed E-state index contributed by atoms with van der Waals surface area (Å²) in [5, 5.41) is 130. The predicted molar refractivity (Wildman–Crippen MR) is 444 cm³/mol. The van der Waals surface area contributed by atoms with E-state index in [1.165, 1.54) is 44.3 Å². The second-order valence-electron chi connectivity index (χ2n) is 32.4. The number of aromatic hydroxyl groups is 3. The molecule has 8 amide bonds. The molecule has 0 unspecified atom stereocenters. The lowest BCUT2D eigenvalue weighted by Gasteiger charge is -2.46. The Morgan fingerprint density at radius 1 is 0.730 bits per heavy atom. The molecule has 8 aliphatic heterocycles. The van der Waals surface area contributed by atoms with Crippen molar-refractivity contribution in [3.8, 4) is 57.1 Å². The third kappa shape index (κ3) is 21.3. The highest BCUT2D eigenvalue weighted by molar-refractivity contribution is 7.89. The number of ether oxygens (including phenoxy) is 8. The number of carboxylic acid groups (broad SMARTS) is 1. The van der Waals surface area contributed by atoms with Crippen molar-refractivity contribution in [1.82, 2.24) is 52.6 Å². The Bertz CT molecular complexity index is 5210. The number of benzene rings is 6. The number of fused-ring (bicyclic) bond motifs is 16. The zero-order valence-electron chi connectivity index (χ0n) is 69.7. The summed E-state index contributed by atoms with van der Waals surface area (Å²) in [4.78, 5) is 132. The fourth-order valence-electron chi connectivity index (χ4n) is 16.0. The second kappa shape index (κ2) is 40.3. The molecule has 14 rings (SSSR count). The molecule has 126 heavy (non-hydrogen) atoms. The summed E-state index contributed by atoms with van der Waals surface area (Å²) in [5.41, 5.74) is 2.49. The molecule has 3 saturated heterocycles. The average molecular weight is 1800 g/mol. The number of nitrogens with one attached hydrogen (secondary N) is 10. The highest BCUT2D eigenvalue weighted by Crippen LogP contribution is 2.51. The number of amides is 8. The predicted octanol–water partition coefficient (Wildman–Crippen LogP) is 2.76. The van der Waals surface area contributed by atoms with E-state index in [1.807, 2.05) is 13.8 Å². The summed E-state index contributed by atoms with van der Waals surface area (Å²) >= 11 is 7.18. The van der Waals surface area contributed by atoms with Crippen molar-refractivity contribution in [3.05, 3.63) is 147 Å². The standard InChI is InChI=1S/C85H104ClN11O28S/c1-8-9-10-11-12-41-13-18-46(19-14-41)126(116,117)90-24-26-118-25-23-89-36-49-54(100)33-48-62(70(49)104)47-29-42(15-20-53(47)99)63-78(109)96-67(81(112)94-65(48)82(113)114)69(103)44-17-22-56(50(86)30-44)121-58-32-45-31-57(73(58)124-83-74(72(106)71(105)59(37-98)122-83)123-61-35-85(6)75(40(5)119-61)125-84(115)97-85)120-55-21-16-43(28-39(55)4)68(102)66(95-76(107)51(88-7)27-38(2)3)80(111)91-52(34-60(87)101)77(108)92-64(45)79(110)93-63/h13-22,28-33,38,40,51-52,59,61,63-69,71-72,74-75,83,88-90,98-100,102-106H,8-12,23-27,34-37H2,1-7H3,(H2,87,101)(H,91,111)(H,92,108)(H,93,110)(H,94,112)(H,95,107)(H,96,109)(H,97,115)(H,113,114)/t40-,51+,52-,59+,61-,63+,64+,65-,66+,67-,68+,69+,71+,72-,74+,75+,83-,85-/m0/s1. The Kier molecular flexibility index (Phi) is 30.1. The van der Waals surface area contributed by atoms with Crippen LogP contribution in [0.25, 0.3) is 11.1 Å². The molecule has 0 radical (unpaired) electrons. The van der Waals surface area contributed by atoms with Crippen LogP contribution in [0.15, 0.2) is 102 Å². The van der Waals surface area contributed by atoms with Crippen LogP contribution < -0.4 is 72.5 Å². The summed E-state index contributed by atoms with van der Waals surface area (Å²) in [5.74, 6) is -16.0. The lowest BCUT2D eigenvalue weighted by atomic mass is 9.86. The fraction of sp³-hybridized carbons (Fsp3) is 0.471. The van der Waals surface area contributed by atoms with Gasteiger partial charge >= 0.3 is 12.1 Å². The maximum absolute atomic E-state index is 16.4. The zero-order valence-corrected chi connectivity index (χ0v) is 71.2. The van der Waals surface area contributed by atoms with E-state index in [1.54, 1.807) is 26.0 Å². The van der Waals surface area contributed by atoms with Crippen molar-refractivity contribution in [1.29, 1.82) is 0 Å². The topological polar surface area (TPSA) is 590 Å². The molecule has 0 saturated carbocycles. The molecule has 0 aromatic heterocycles. The number of carboxylic acids is 1. The van der Waals surface area contributed by atoms with Crippen molar-refractivity contribution in [2.24, 2.45) is 11.7 Å². The Morgan fingerprint density at radius 3 is 2.06 bits per heavy atom. The Balaban J connectivity index is 0.983. The Labute approximate surface area is 728 Å². The summed E-state index contributed by atoms with van der Waals surface area (Å²) < 4.78 is 79.4.